The van der Waals surface area contributed by atoms with Crippen LogP contribution >= 0.6 is 11.3 Å². The van der Waals surface area contributed by atoms with Gasteiger partial charge in [-0.25, -0.2) is 9.97 Å². The first kappa shape index (κ1) is 21.9. The van der Waals surface area contributed by atoms with Crippen molar-refractivity contribution in [1.29, 1.82) is 0 Å². The third-order valence-corrected chi connectivity index (χ3v) is 6.92. The molecular formula is C25H33N5S. The molecule has 0 bridgehead atoms. The van der Waals surface area contributed by atoms with E-state index < -0.39 is 0 Å². The summed E-state index contributed by atoms with van der Waals surface area (Å²) in [6.07, 6.45) is 3.91. The van der Waals surface area contributed by atoms with Crippen LogP contribution in [0.5, 0.6) is 0 Å². The SMILES string of the molecule is CC(N)c1ccc(-c2ccc(-c3ccnc(NC4CC(C)(C)NC(C)(C)C4)n3)s2)cc1. The van der Waals surface area contributed by atoms with Crippen LogP contribution in [-0.2, 0) is 0 Å². The molecule has 4 N–H and O–H groups in total. The number of nitrogens with zero attached hydrogens (tertiary/aromatic N) is 2. The van der Waals surface area contributed by atoms with Crippen molar-refractivity contribution >= 4 is 17.3 Å². The van der Waals surface area contributed by atoms with Gasteiger partial charge in [-0.1, -0.05) is 24.3 Å². The minimum atomic E-state index is 0.0518. The minimum absolute atomic E-state index is 0.0518. The van der Waals surface area contributed by atoms with Gasteiger partial charge in [0.25, 0.3) is 0 Å². The summed E-state index contributed by atoms with van der Waals surface area (Å²) in [5.41, 5.74) is 9.44. The van der Waals surface area contributed by atoms with E-state index in [9.17, 15) is 0 Å². The average molecular weight is 436 g/mol. The maximum Gasteiger partial charge on any atom is 0.223 e. The molecule has 31 heavy (non-hydrogen) atoms. The summed E-state index contributed by atoms with van der Waals surface area (Å²) >= 11 is 1.75. The highest BCUT2D eigenvalue weighted by Crippen LogP contribution is 2.35. The van der Waals surface area contributed by atoms with Gasteiger partial charge in [-0.05, 0) is 76.8 Å². The molecule has 1 fully saturated rings. The standard InChI is InChI=1S/C25H33N5S/c1-16(26)17-6-8-18(9-7-17)21-10-11-22(31-21)20-12-13-27-23(29-20)28-19-14-24(2,3)30-25(4,5)15-19/h6-13,16,19,30H,14-15,26H2,1-5H3,(H,27,28,29). The van der Waals surface area contributed by atoms with Gasteiger partial charge in [-0.3, -0.25) is 0 Å². The number of nitrogens with one attached hydrogen (secondary N) is 2. The molecule has 5 nitrogen and oxygen atoms in total. The van der Waals surface area contributed by atoms with Crippen LogP contribution in [-0.4, -0.2) is 27.1 Å². The predicted molar refractivity (Wildman–Crippen MR) is 131 cm³/mol. The van der Waals surface area contributed by atoms with E-state index in [0.717, 1.165) is 29.0 Å². The zero-order chi connectivity index (χ0) is 22.2. The molecule has 0 radical (unpaired) electrons. The van der Waals surface area contributed by atoms with E-state index in [2.05, 4.69) is 79.7 Å². The first-order chi connectivity index (χ1) is 14.6. The number of anilines is 1. The Balaban J connectivity index is 1.51. The van der Waals surface area contributed by atoms with Gasteiger partial charge in [0.1, 0.15) is 0 Å². The Bertz CT molecular complexity index is 1020. The monoisotopic (exact) mass is 435 g/mol. The van der Waals surface area contributed by atoms with Crippen molar-refractivity contribution < 1.29 is 0 Å². The fraction of sp³-hybridized carbons (Fsp3) is 0.440. The number of hydrogen-bond acceptors (Lipinski definition) is 6. The van der Waals surface area contributed by atoms with Crippen molar-refractivity contribution in [2.75, 3.05) is 5.32 Å². The Morgan fingerprint density at radius 3 is 2.29 bits per heavy atom. The van der Waals surface area contributed by atoms with Crippen molar-refractivity contribution in [2.45, 2.75) is 70.6 Å². The van der Waals surface area contributed by atoms with Crippen molar-refractivity contribution in [3.63, 3.8) is 0 Å². The van der Waals surface area contributed by atoms with Crippen LogP contribution in [0.2, 0.25) is 0 Å². The van der Waals surface area contributed by atoms with E-state index in [1.165, 1.54) is 10.4 Å². The number of nitrogens with two attached hydrogens (primary N) is 1. The summed E-state index contributed by atoms with van der Waals surface area (Å²) in [6, 6.07) is 15.2. The third kappa shape index (κ3) is 5.32. The fourth-order valence-electron chi connectivity index (χ4n) is 4.75. The molecular weight excluding hydrogens is 402 g/mol. The maximum absolute atomic E-state index is 5.97. The number of thiophene rings is 1. The van der Waals surface area contributed by atoms with E-state index in [0.29, 0.717) is 12.0 Å². The summed E-state index contributed by atoms with van der Waals surface area (Å²) in [4.78, 5) is 11.7. The van der Waals surface area contributed by atoms with Gasteiger partial charge in [0.2, 0.25) is 5.95 Å². The molecule has 3 aromatic rings. The highest BCUT2D eigenvalue weighted by atomic mass is 32.1. The zero-order valence-electron chi connectivity index (χ0n) is 19.1. The summed E-state index contributed by atoms with van der Waals surface area (Å²) in [5, 5.41) is 7.31. The van der Waals surface area contributed by atoms with E-state index in [1.807, 2.05) is 19.2 Å². The largest absolute Gasteiger partial charge is 0.351 e. The number of piperidine rings is 1. The molecule has 3 heterocycles. The topological polar surface area (TPSA) is 75.9 Å². The molecule has 1 unspecified atom stereocenters. The first-order valence-electron chi connectivity index (χ1n) is 11.0. The first-order valence-corrected chi connectivity index (χ1v) is 11.8. The fourth-order valence-corrected chi connectivity index (χ4v) is 5.74. The second-order valence-electron chi connectivity index (χ2n) is 9.98. The van der Waals surface area contributed by atoms with Gasteiger partial charge >= 0.3 is 0 Å². The van der Waals surface area contributed by atoms with Crippen LogP contribution < -0.4 is 16.4 Å². The molecule has 1 atom stereocenters. The lowest BCUT2D eigenvalue weighted by molar-refractivity contribution is 0.170. The normalized spacial score (nSPS) is 19.2. The minimum Gasteiger partial charge on any atom is -0.351 e. The third-order valence-electron chi connectivity index (χ3n) is 5.76. The Kier molecular flexibility index (Phi) is 5.90. The molecule has 4 rings (SSSR count). The molecule has 0 spiro atoms. The highest BCUT2D eigenvalue weighted by Gasteiger charge is 2.37. The van der Waals surface area contributed by atoms with E-state index in [1.54, 1.807) is 11.3 Å². The Labute approximate surface area is 189 Å². The summed E-state index contributed by atoms with van der Waals surface area (Å²) in [7, 11) is 0. The number of rotatable bonds is 5. The lowest BCUT2D eigenvalue weighted by Crippen LogP contribution is -2.60. The van der Waals surface area contributed by atoms with Crippen LogP contribution in [0.15, 0.2) is 48.7 Å². The highest BCUT2D eigenvalue weighted by molar-refractivity contribution is 7.18. The average Bonchev–Trinajstić information content (AvgIpc) is 3.16. The van der Waals surface area contributed by atoms with Gasteiger partial charge in [0.05, 0.1) is 10.6 Å². The van der Waals surface area contributed by atoms with E-state index >= 15 is 0 Å². The molecule has 1 saturated heterocycles. The van der Waals surface area contributed by atoms with Crippen molar-refractivity contribution in [3.05, 3.63) is 54.2 Å². The van der Waals surface area contributed by atoms with Crippen molar-refractivity contribution in [2.24, 2.45) is 5.73 Å². The van der Waals surface area contributed by atoms with E-state index in [-0.39, 0.29) is 17.1 Å². The van der Waals surface area contributed by atoms with Crippen LogP contribution in [0, 0.1) is 0 Å². The maximum atomic E-state index is 5.97. The summed E-state index contributed by atoms with van der Waals surface area (Å²) in [5.74, 6) is 0.701. The molecule has 6 heteroatoms. The van der Waals surface area contributed by atoms with Gasteiger partial charge in [-0.15, -0.1) is 11.3 Å². The lowest BCUT2D eigenvalue weighted by Gasteiger charge is -2.46. The van der Waals surface area contributed by atoms with E-state index in [4.69, 9.17) is 10.7 Å². The number of aromatic nitrogens is 2. The molecule has 2 aromatic heterocycles. The second-order valence-corrected chi connectivity index (χ2v) is 11.1. The molecule has 0 aliphatic carbocycles. The molecule has 1 aliphatic rings. The molecule has 0 saturated carbocycles. The number of benzene rings is 1. The lowest BCUT2D eigenvalue weighted by atomic mass is 9.80. The van der Waals surface area contributed by atoms with Crippen LogP contribution in [0.1, 0.15) is 59.1 Å². The summed E-state index contributed by atoms with van der Waals surface area (Å²) < 4.78 is 0. The van der Waals surface area contributed by atoms with Crippen molar-refractivity contribution in [3.8, 4) is 21.0 Å². The van der Waals surface area contributed by atoms with Crippen molar-refractivity contribution in [1.82, 2.24) is 15.3 Å². The van der Waals surface area contributed by atoms with Gasteiger partial charge < -0.3 is 16.4 Å². The Morgan fingerprint density at radius 2 is 1.65 bits per heavy atom. The Morgan fingerprint density at radius 1 is 1.00 bits per heavy atom. The molecule has 0 amide bonds. The van der Waals surface area contributed by atoms with Gasteiger partial charge in [0.15, 0.2) is 0 Å². The predicted octanol–water partition coefficient (Wildman–Crippen LogP) is 5.61. The zero-order valence-corrected chi connectivity index (χ0v) is 19.9. The van der Waals surface area contributed by atoms with Crippen LogP contribution in [0.25, 0.3) is 21.0 Å². The van der Waals surface area contributed by atoms with Crippen LogP contribution in [0.3, 0.4) is 0 Å². The number of hydrogen-bond donors (Lipinski definition) is 3. The van der Waals surface area contributed by atoms with Crippen LogP contribution in [0.4, 0.5) is 5.95 Å². The molecule has 1 aliphatic heterocycles. The molecule has 1 aromatic carbocycles. The van der Waals surface area contributed by atoms with Gasteiger partial charge in [-0.2, -0.15) is 0 Å². The van der Waals surface area contributed by atoms with Gasteiger partial charge in [0, 0.05) is 34.2 Å². The summed E-state index contributed by atoms with van der Waals surface area (Å²) in [6.45, 7) is 11.0. The smallest absolute Gasteiger partial charge is 0.223 e. The Hall–Kier alpha value is -2.28. The molecule has 164 valence electrons. The second kappa shape index (κ2) is 8.34. The quantitative estimate of drug-likeness (QED) is 0.485.